The molecular formula is C14H17FN2O. The fraction of sp³-hybridized carbons (Fsp3) is 0.571. The van der Waals surface area contributed by atoms with Crippen molar-refractivity contribution in [1.82, 2.24) is 10.3 Å². The summed E-state index contributed by atoms with van der Waals surface area (Å²) in [6, 6.07) is 3.05. The van der Waals surface area contributed by atoms with E-state index in [-0.39, 0.29) is 11.8 Å². The Balaban J connectivity index is 1.66. The Bertz CT molecular complexity index is 446. The summed E-state index contributed by atoms with van der Waals surface area (Å²) in [6.45, 7) is 1.04. The molecule has 3 nitrogen and oxygen atoms in total. The predicted octanol–water partition coefficient (Wildman–Crippen LogP) is 2.18. The van der Waals surface area contributed by atoms with Crippen LogP contribution >= 0.6 is 0 Å². The maximum absolute atomic E-state index is 12.7. The van der Waals surface area contributed by atoms with Crippen LogP contribution in [0.25, 0.3) is 0 Å². The van der Waals surface area contributed by atoms with Crippen molar-refractivity contribution in [2.45, 2.75) is 31.7 Å². The first-order valence-corrected chi connectivity index (χ1v) is 6.62. The van der Waals surface area contributed by atoms with Crippen molar-refractivity contribution in [3.8, 4) is 0 Å². The summed E-state index contributed by atoms with van der Waals surface area (Å²) in [5.74, 6) is 1.01. The van der Waals surface area contributed by atoms with Crippen molar-refractivity contribution in [3.05, 3.63) is 29.8 Å². The lowest BCUT2D eigenvalue weighted by molar-refractivity contribution is 0.0958. The van der Waals surface area contributed by atoms with Gasteiger partial charge in [0.15, 0.2) is 5.78 Å². The zero-order chi connectivity index (χ0) is 12.5. The number of Topliss-reactive ketones (excluding diaryl/α,β-unsaturated/α-hetero) is 1. The molecule has 1 saturated carbocycles. The fourth-order valence-corrected chi connectivity index (χ4v) is 3.37. The molecule has 0 bridgehead atoms. The summed E-state index contributed by atoms with van der Waals surface area (Å²) in [6.07, 6.45) is 5.40. The van der Waals surface area contributed by atoms with Gasteiger partial charge in [0.25, 0.3) is 0 Å². The second-order valence-electron chi connectivity index (χ2n) is 5.36. The van der Waals surface area contributed by atoms with Crippen molar-refractivity contribution >= 4 is 5.78 Å². The molecule has 2 heterocycles. The number of hydrogen-bond acceptors (Lipinski definition) is 3. The monoisotopic (exact) mass is 248 g/mol. The van der Waals surface area contributed by atoms with E-state index in [0.717, 1.165) is 18.7 Å². The summed E-state index contributed by atoms with van der Waals surface area (Å²) in [5.41, 5.74) is 0.375. The molecule has 18 heavy (non-hydrogen) atoms. The van der Waals surface area contributed by atoms with Gasteiger partial charge in [-0.05, 0) is 43.4 Å². The van der Waals surface area contributed by atoms with Gasteiger partial charge < -0.3 is 5.32 Å². The molecule has 0 aromatic carbocycles. The molecule has 0 spiro atoms. The minimum atomic E-state index is -0.401. The maximum Gasteiger partial charge on any atom is 0.182 e. The van der Waals surface area contributed by atoms with Crippen LogP contribution in [0, 0.1) is 17.7 Å². The van der Waals surface area contributed by atoms with Crippen molar-refractivity contribution in [3.63, 3.8) is 0 Å². The van der Waals surface area contributed by atoms with Gasteiger partial charge in [-0.3, -0.25) is 9.78 Å². The standard InChI is InChI=1S/C14H17FN2O/c15-10-4-5-12(17-8-10)14(18)6-13-11-3-1-2-9(11)7-16-13/h4-5,8-9,11,13,16H,1-3,6-7H2. The lowest BCUT2D eigenvalue weighted by Crippen LogP contribution is -2.29. The highest BCUT2D eigenvalue weighted by Gasteiger charge is 2.39. The number of aromatic nitrogens is 1. The van der Waals surface area contributed by atoms with Crippen LogP contribution in [0.5, 0.6) is 0 Å². The molecule has 1 N–H and O–H groups in total. The number of nitrogens with zero attached hydrogens (tertiary/aromatic N) is 1. The van der Waals surface area contributed by atoms with Gasteiger partial charge in [0.1, 0.15) is 11.5 Å². The maximum atomic E-state index is 12.7. The second-order valence-corrected chi connectivity index (χ2v) is 5.36. The average Bonchev–Trinajstić information content (AvgIpc) is 2.95. The molecule has 1 saturated heterocycles. The third-order valence-electron chi connectivity index (χ3n) is 4.30. The second kappa shape index (κ2) is 4.76. The van der Waals surface area contributed by atoms with Crippen LogP contribution in [-0.2, 0) is 0 Å². The Labute approximate surface area is 106 Å². The van der Waals surface area contributed by atoms with Crippen LogP contribution < -0.4 is 5.32 Å². The molecule has 2 fully saturated rings. The number of nitrogens with one attached hydrogen (secondary N) is 1. The number of ketones is 1. The molecule has 3 rings (SSSR count). The van der Waals surface area contributed by atoms with Crippen molar-refractivity contribution in [2.75, 3.05) is 6.54 Å². The third kappa shape index (κ3) is 2.17. The van der Waals surface area contributed by atoms with Crippen LogP contribution in [0.2, 0.25) is 0 Å². The lowest BCUT2D eigenvalue weighted by atomic mass is 9.91. The molecule has 1 aliphatic heterocycles. The van der Waals surface area contributed by atoms with Gasteiger partial charge in [0.2, 0.25) is 0 Å². The van der Waals surface area contributed by atoms with Gasteiger partial charge in [-0.1, -0.05) is 6.42 Å². The first-order valence-electron chi connectivity index (χ1n) is 6.62. The Morgan fingerprint density at radius 3 is 3.11 bits per heavy atom. The zero-order valence-electron chi connectivity index (χ0n) is 10.2. The highest BCUT2D eigenvalue weighted by molar-refractivity contribution is 5.94. The first-order chi connectivity index (χ1) is 8.74. The molecule has 1 aromatic rings. The Hall–Kier alpha value is -1.29. The number of hydrogen-bond donors (Lipinski definition) is 1. The van der Waals surface area contributed by atoms with Gasteiger partial charge in [-0.15, -0.1) is 0 Å². The van der Waals surface area contributed by atoms with Crippen LogP contribution in [-0.4, -0.2) is 23.4 Å². The van der Waals surface area contributed by atoms with Gasteiger partial charge >= 0.3 is 0 Å². The van der Waals surface area contributed by atoms with E-state index in [0.29, 0.717) is 18.0 Å². The molecule has 1 aromatic heterocycles. The normalized spacial score (nSPS) is 30.4. The number of halogens is 1. The van der Waals surface area contributed by atoms with E-state index in [1.54, 1.807) is 0 Å². The van der Waals surface area contributed by atoms with E-state index in [4.69, 9.17) is 0 Å². The number of pyridine rings is 1. The number of carbonyl (C=O) groups is 1. The van der Waals surface area contributed by atoms with Gasteiger partial charge in [0.05, 0.1) is 6.20 Å². The van der Waals surface area contributed by atoms with E-state index in [9.17, 15) is 9.18 Å². The topological polar surface area (TPSA) is 42.0 Å². The largest absolute Gasteiger partial charge is 0.313 e. The van der Waals surface area contributed by atoms with E-state index in [1.165, 1.54) is 31.4 Å². The summed E-state index contributed by atoms with van der Waals surface area (Å²) in [5, 5.41) is 3.45. The van der Waals surface area contributed by atoms with Crippen LogP contribution in [0.4, 0.5) is 4.39 Å². The number of fused-ring (bicyclic) bond motifs is 1. The van der Waals surface area contributed by atoms with Crippen LogP contribution in [0.1, 0.15) is 36.2 Å². The van der Waals surface area contributed by atoms with Gasteiger partial charge in [-0.25, -0.2) is 4.39 Å². The molecular weight excluding hydrogens is 231 g/mol. The quantitative estimate of drug-likeness (QED) is 0.834. The highest BCUT2D eigenvalue weighted by atomic mass is 19.1. The van der Waals surface area contributed by atoms with E-state index in [1.807, 2.05) is 0 Å². The first kappa shape index (κ1) is 11.8. The van der Waals surface area contributed by atoms with Crippen molar-refractivity contribution < 1.29 is 9.18 Å². The van der Waals surface area contributed by atoms with Crippen LogP contribution in [0.3, 0.4) is 0 Å². The Kier molecular flexibility index (Phi) is 3.12. The van der Waals surface area contributed by atoms with E-state index in [2.05, 4.69) is 10.3 Å². The minimum Gasteiger partial charge on any atom is -0.313 e. The summed E-state index contributed by atoms with van der Waals surface area (Å²) >= 11 is 0. The molecule has 0 radical (unpaired) electrons. The van der Waals surface area contributed by atoms with E-state index < -0.39 is 5.82 Å². The number of carbonyl (C=O) groups excluding carboxylic acids is 1. The molecule has 96 valence electrons. The van der Waals surface area contributed by atoms with Gasteiger partial charge in [-0.2, -0.15) is 0 Å². The zero-order valence-corrected chi connectivity index (χ0v) is 10.2. The average molecular weight is 248 g/mol. The van der Waals surface area contributed by atoms with Crippen LogP contribution in [0.15, 0.2) is 18.3 Å². The SMILES string of the molecule is O=C(CC1NCC2CCCC21)c1ccc(F)cn1. The summed E-state index contributed by atoms with van der Waals surface area (Å²) in [7, 11) is 0. The molecule has 2 aliphatic rings. The number of rotatable bonds is 3. The Morgan fingerprint density at radius 2 is 2.33 bits per heavy atom. The molecule has 3 unspecified atom stereocenters. The smallest absolute Gasteiger partial charge is 0.182 e. The van der Waals surface area contributed by atoms with E-state index >= 15 is 0 Å². The highest BCUT2D eigenvalue weighted by Crippen LogP contribution is 2.38. The van der Waals surface area contributed by atoms with Crippen molar-refractivity contribution in [2.24, 2.45) is 11.8 Å². The molecule has 0 amide bonds. The molecule has 1 aliphatic carbocycles. The fourth-order valence-electron chi connectivity index (χ4n) is 3.37. The van der Waals surface area contributed by atoms with Crippen molar-refractivity contribution in [1.29, 1.82) is 0 Å². The predicted molar refractivity (Wildman–Crippen MR) is 65.8 cm³/mol. The lowest BCUT2D eigenvalue weighted by Gasteiger charge is -2.17. The Morgan fingerprint density at radius 1 is 1.44 bits per heavy atom. The van der Waals surface area contributed by atoms with Gasteiger partial charge in [0, 0.05) is 12.5 Å². The minimum absolute atomic E-state index is 0.0139. The summed E-state index contributed by atoms with van der Waals surface area (Å²) in [4.78, 5) is 15.9. The summed E-state index contributed by atoms with van der Waals surface area (Å²) < 4.78 is 12.7. The molecule has 4 heteroatoms. The third-order valence-corrected chi connectivity index (χ3v) is 4.30. The molecule has 3 atom stereocenters.